The quantitative estimate of drug-likeness (QED) is 0.529. The van der Waals surface area contributed by atoms with Gasteiger partial charge in [0.25, 0.3) is 5.69 Å². The van der Waals surface area contributed by atoms with E-state index in [-0.39, 0.29) is 11.6 Å². The van der Waals surface area contributed by atoms with E-state index in [1.54, 1.807) is 12.1 Å². The summed E-state index contributed by atoms with van der Waals surface area (Å²) in [6.07, 6.45) is 1.06. The minimum absolute atomic E-state index is 0.0356. The molecule has 0 bridgehead atoms. The van der Waals surface area contributed by atoms with Crippen molar-refractivity contribution >= 4 is 28.1 Å². The summed E-state index contributed by atoms with van der Waals surface area (Å²) in [5.41, 5.74) is 2.60. The summed E-state index contributed by atoms with van der Waals surface area (Å²) in [6, 6.07) is 16.0. The smallest absolute Gasteiger partial charge is 0.269 e. The van der Waals surface area contributed by atoms with Crippen LogP contribution in [0.15, 0.2) is 60.0 Å². The topological polar surface area (TPSA) is 85.1 Å². The second-order valence-electron chi connectivity index (χ2n) is 5.38. The predicted molar refractivity (Wildman–Crippen MR) is 97.6 cm³/mol. The Morgan fingerprint density at radius 1 is 1.12 bits per heavy atom. The van der Waals surface area contributed by atoms with Crippen LogP contribution in [0.3, 0.4) is 0 Å². The number of benzene rings is 2. The lowest BCUT2D eigenvalue weighted by Crippen LogP contribution is -2.12. The van der Waals surface area contributed by atoms with Crippen LogP contribution in [0.2, 0.25) is 0 Å². The zero-order valence-electron chi connectivity index (χ0n) is 13.2. The number of non-ortho nitro benzene ring substituents is 1. The Bertz CT molecular complexity index is 876. The maximum absolute atomic E-state index is 12.0. The lowest BCUT2D eigenvalue weighted by Gasteiger charge is -2.02. The number of nitro groups is 1. The van der Waals surface area contributed by atoms with E-state index in [1.807, 2.05) is 35.7 Å². The van der Waals surface area contributed by atoms with Crippen LogP contribution in [0.1, 0.15) is 12.0 Å². The van der Waals surface area contributed by atoms with E-state index >= 15 is 0 Å². The molecule has 0 saturated carbocycles. The second kappa shape index (κ2) is 7.67. The Kier molecular flexibility index (Phi) is 5.15. The van der Waals surface area contributed by atoms with E-state index in [0.29, 0.717) is 23.7 Å². The molecular formula is C18H15N3O3S. The van der Waals surface area contributed by atoms with Crippen molar-refractivity contribution in [3.8, 4) is 11.3 Å². The van der Waals surface area contributed by atoms with Crippen LogP contribution in [-0.2, 0) is 11.2 Å². The molecule has 2 aromatic carbocycles. The average Bonchev–Trinajstić information content (AvgIpc) is 3.09. The van der Waals surface area contributed by atoms with Gasteiger partial charge in [0.05, 0.1) is 10.6 Å². The number of aromatic nitrogens is 1. The highest BCUT2D eigenvalue weighted by atomic mass is 32.1. The molecule has 0 fully saturated rings. The Morgan fingerprint density at radius 2 is 1.84 bits per heavy atom. The fourth-order valence-corrected chi connectivity index (χ4v) is 3.04. The number of hydrogen-bond acceptors (Lipinski definition) is 5. The molecule has 1 amide bonds. The van der Waals surface area contributed by atoms with Crippen molar-refractivity contribution in [1.82, 2.24) is 4.98 Å². The summed E-state index contributed by atoms with van der Waals surface area (Å²) in [5, 5.41) is 15.8. The van der Waals surface area contributed by atoms with E-state index < -0.39 is 4.92 Å². The molecule has 1 N–H and O–H groups in total. The van der Waals surface area contributed by atoms with Gasteiger partial charge in [-0.3, -0.25) is 14.9 Å². The molecule has 0 saturated heterocycles. The molecule has 0 aliphatic heterocycles. The molecule has 0 spiro atoms. The Balaban J connectivity index is 1.59. The van der Waals surface area contributed by atoms with Crippen molar-refractivity contribution < 1.29 is 9.72 Å². The second-order valence-corrected chi connectivity index (χ2v) is 6.23. The van der Waals surface area contributed by atoms with E-state index in [4.69, 9.17) is 0 Å². The summed E-state index contributed by atoms with van der Waals surface area (Å²) in [6.45, 7) is 0. The lowest BCUT2D eigenvalue weighted by molar-refractivity contribution is -0.384. The first kappa shape index (κ1) is 16.8. The molecule has 1 aromatic heterocycles. The first-order valence-electron chi connectivity index (χ1n) is 7.66. The third-order valence-corrected chi connectivity index (χ3v) is 4.37. The molecule has 126 valence electrons. The van der Waals surface area contributed by atoms with E-state index in [2.05, 4.69) is 10.3 Å². The number of carbonyl (C=O) groups is 1. The number of amides is 1. The molecule has 6 nitrogen and oxygen atoms in total. The summed E-state index contributed by atoms with van der Waals surface area (Å²) in [5.74, 6) is -0.0894. The van der Waals surface area contributed by atoms with Crippen molar-refractivity contribution in [3.63, 3.8) is 0 Å². The average molecular weight is 353 g/mol. The van der Waals surface area contributed by atoms with Crippen LogP contribution < -0.4 is 5.32 Å². The number of anilines is 1. The highest BCUT2D eigenvalue weighted by molar-refractivity contribution is 7.14. The highest BCUT2D eigenvalue weighted by Gasteiger charge is 2.10. The summed E-state index contributed by atoms with van der Waals surface area (Å²) in [7, 11) is 0. The zero-order chi connectivity index (χ0) is 17.6. The standard InChI is InChI=1S/C18H15N3O3S/c22-17(11-6-13-4-2-1-3-5-13)20-18-19-16(12-25-18)14-7-9-15(10-8-14)21(23)24/h1-5,7-10,12H,6,11H2,(H,19,20,22). The predicted octanol–water partition coefficient (Wildman–Crippen LogP) is 4.29. The number of nitrogens with zero attached hydrogens (tertiary/aromatic N) is 2. The van der Waals surface area contributed by atoms with Gasteiger partial charge in [0.15, 0.2) is 5.13 Å². The summed E-state index contributed by atoms with van der Waals surface area (Å²) < 4.78 is 0. The van der Waals surface area contributed by atoms with Gasteiger partial charge >= 0.3 is 0 Å². The number of nitro benzene ring substituents is 1. The fraction of sp³-hybridized carbons (Fsp3) is 0.111. The van der Waals surface area contributed by atoms with E-state index in [9.17, 15) is 14.9 Å². The van der Waals surface area contributed by atoms with E-state index in [1.165, 1.54) is 23.5 Å². The van der Waals surface area contributed by atoms with Gasteiger partial charge in [-0.05, 0) is 24.1 Å². The molecule has 0 radical (unpaired) electrons. The van der Waals surface area contributed by atoms with Crippen molar-refractivity contribution in [2.75, 3.05) is 5.32 Å². The van der Waals surface area contributed by atoms with Crippen LogP contribution in [0.4, 0.5) is 10.8 Å². The maximum Gasteiger partial charge on any atom is 0.269 e. The normalized spacial score (nSPS) is 10.4. The van der Waals surface area contributed by atoms with Crippen LogP contribution in [-0.4, -0.2) is 15.8 Å². The Hall–Kier alpha value is -3.06. The molecule has 0 unspecified atom stereocenters. The van der Waals surface area contributed by atoms with Gasteiger partial charge in [0.2, 0.25) is 5.91 Å². The van der Waals surface area contributed by atoms with Gasteiger partial charge in [0.1, 0.15) is 0 Å². The van der Waals surface area contributed by atoms with Crippen LogP contribution >= 0.6 is 11.3 Å². The number of aryl methyl sites for hydroxylation is 1. The van der Waals surface area contributed by atoms with Gasteiger partial charge in [-0.1, -0.05) is 30.3 Å². The SMILES string of the molecule is O=C(CCc1ccccc1)Nc1nc(-c2ccc([N+](=O)[O-])cc2)cs1. The maximum atomic E-state index is 12.0. The van der Waals surface area contributed by atoms with Crippen LogP contribution in [0.25, 0.3) is 11.3 Å². The minimum Gasteiger partial charge on any atom is -0.302 e. The molecule has 1 heterocycles. The summed E-state index contributed by atoms with van der Waals surface area (Å²) >= 11 is 1.33. The van der Waals surface area contributed by atoms with Gasteiger partial charge in [-0.15, -0.1) is 11.3 Å². The Morgan fingerprint density at radius 3 is 2.52 bits per heavy atom. The number of rotatable bonds is 6. The number of hydrogen-bond donors (Lipinski definition) is 1. The number of thiazole rings is 1. The van der Waals surface area contributed by atoms with Gasteiger partial charge in [-0.2, -0.15) is 0 Å². The molecule has 0 aliphatic carbocycles. The lowest BCUT2D eigenvalue weighted by atomic mass is 10.1. The molecule has 0 aliphatic rings. The third-order valence-electron chi connectivity index (χ3n) is 3.61. The minimum atomic E-state index is -0.441. The molecule has 3 aromatic rings. The van der Waals surface area contributed by atoms with Crippen molar-refractivity contribution in [2.45, 2.75) is 12.8 Å². The van der Waals surface area contributed by atoms with Crippen LogP contribution in [0.5, 0.6) is 0 Å². The molecule has 25 heavy (non-hydrogen) atoms. The molecule has 7 heteroatoms. The third kappa shape index (κ3) is 4.48. The fourth-order valence-electron chi connectivity index (χ4n) is 2.30. The summed E-state index contributed by atoms with van der Waals surface area (Å²) in [4.78, 5) is 26.6. The van der Waals surface area contributed by atoms with Crippen LogP contribution in [0, 0.1) is 10.1 Å². The van der Waals surface area contributed by atoms with Crippen molar-refractivity contribution in [2.24, 2.45) is 0 Å². The molecule has 3 rings (SSSR count). The van der Waals surface area contributed by atoms with Crippen molar-refractivity contribution in [3.05, 3.63) is 75.7 Å². The highest BCUT2D eigenvalue weighted by Crippen LogP contribution is 2.26. The first-order valence-corrected chi connectivity index (χ1v) is 8.54. The Labute approximate surface area is 148 Å². The molecule has 0 atom stereocenters. The van der Waals surface area contributed by atoms with Gasteiger partial charge in [0, 0.05) is 29.5 Å². The van der Waals surface area contributed by atoms with Crippen molar-refractivity contribution in [1.29, 1.82) is 0 Å². The van der Waals surface area contributed by atoms with Gasteiger partial charge < -0.3 is 5.32 Å². The number of nitrogens with one attached hydrogen (secondary N) is 1. The molecular weight excluding hydrogens is 338 g/mol. The van der Waals surface area contributed by atoms with Gasteiger partial charge in [-0.25, -0.2) is 4.98 Å². The monoisotopic (exact) mass is 353 g/mol. The zero-order valence-corrected chi connectivity index (χ0v) is 14.0. The van der Waals surface area contributed by atoms with E-state index in [0.717, 1.165) is 11.1 Å². The number of carbonyl (C=O) groups excluding carboxylic acids is 1. The largest absolute Gasteiger partial charge is 0.302 e. The first-order chi connectivity index (χ1) is 12.1.